The van der Waals surface area contributed by atoms with E-state index in [0.717, 1.165) is 97.1 Å². The summed E-state index contributed by atoms with van der Waals surface area (Å²) in [6, 6.07) is 0. The molecule has 0 aromatic heterocycles. The van der Waals surface area contributed by atoms with Gasteiger partial charge >= 0.3 is 17.9 Å². The molecular formula is C44H84N2O6. The molecular weight excluding hydrogens is 652 g/mol. The van der Waals surface area contributed by atoms with Crippen LogP contribution in [0.1, 0.15) is 201 Å². The highest BCUT2D eigenvalue weighted by Crippen LogP contribution is 2.15. The van der Waals surface area contributed by atoms with Gasteiger partial charge in [-0.25, -0.2) is 0 Å². The van der Waals surface area contributed by atoms with Crippen LogP contribution in [0.15, 0.2) is 0 Å². The molecule has 306 valence electrons. The zero-order chi connectivity index (χ0) is 37.7. The van der Waals surface area contributed by atoms with Crippen molar-refractivity contribution in [3.63, 3.8) is 0 Å². The third-order valence-electron chi connectivity index (χ3n) is 10.7. The first-order valence-electron chi connectivity index (χ1n) is 22.4. The average Bonchev–Trinajstić information content (AvgIpc) is 3.15. The highest BCUT2D eigenvalue weighted by atomic mass is 16.6. The number of piperazine rings is 1. The van der Waals surface area contributed by atoms with E-state index in [0.29, 0.717) is 19.3 Å². The van der Waals surface area contributed by atoms with Gasteiger partial charge in [0.05, 0.1) is 5.92 Å². The Morgan fingerprint density at radius 1 is 0.404 bits per heavy atom. The minimum atomic E-state index is -0.353. The van der Waals surface area contributed by atoms with Crippen molar-refractivity contribution in [3.05, 3.63) is 0 Å². The third kappa shape index (κ3) is 30.8. The molecule has 0 unspecified atom stereocenters. The summed E-state index contributed by atoms with van der Waals surface area (Å²) in [6.45, 7) is 13.8. The predicted molar refractivity (Wildman–Crippen MR) is 216 cm³/mol. The number of hydrogen-bond acceptors (Lipinski definition) is 8. The van der Waals surface area contributed by atoms with Crippen molar-refractivity contribution in [1.82, 2.24) is 9.80 Å². The molecule has 52 heavy (non-hydrogen) atoms. The Kier molecular flexibility index (Phi) is 33.8. The topological polar surface area (TPSA) is 85.4 Å². The minimum Gasteiger partial charge on any atom is -0.465 e. The number of rotatable bonds is 37. The Bertz CT molecular complexity index is 790. The molecule has 0 aromatic carbocycles. The number of ether oxygens (including phenoxy) is 3. The fourth-order valence-corrected chi connectivity index (χ4v) is 6.97. The summed E-state index contributed by atoms with van der Waals surface area (Å²) in [5.74, 6) is -1.04. The number of esters is 3. The van der Waals surface area contributed by atoms with Crippen molar-refractivity contribution < 1.29 is 28.6 Å². The second-order valence-electron chi connectivity index (χ2n) is 15.6. The minimum absolute atomic E-state index is 0.0952. The summed E-state index contributed by atoms with van der Waals surface area (Å²) < 4.78 is 16.8. The smallest absolute Gasteiger partial charge is 0.305 e. The normalized spacial score (nSPS) is 13.8. The van der Waals surface area contributed by atoms with Gasteiger partial charge in [0.2, 0.25) is 0 Å². The van der Waals surface area contributed by atoms with Gasteiger partial charge in [-0.15, -0.1) is 0 Å². The van der Waals surface area contributed by atoms with Crippen LogP contribution < -0.4 is 0 Å². The van der Waals surface area contributed by atoms with Crippen LogP contribution >= 0.6 is 0 Å². The van der Waals surface area contributed by atoms with E-state index in [1.807, 2.05) is 0 Å². The van der Waals surface area contributed by atoms with Gasteiger partial charge in [0.25, 0.3) is 0 Å². The zero-order valence-corrected chi connectivity index (χ0v) is 34.6. The summed E-state index contributed by atoms with van der Waals surface area (Å²) in [6.07, 6.45) is 31.2. The summed E-state index contributed by atoms with van der Waals surface area (Å²) in [7, 11) is 0. The van der Waals surface area contributed by atoms with E-state index in [4.69, 9.17) is 14.2 Å². The number of likely N-dealkylation sites (N-methyl/N-ethyl adjacent to an activating group) is 1. The first-order valence-corrected chi connectivity index (χ1v) is 22.4. The van der Waals surface area contributed by atoms with Gasteiger partial charge in [0.1, 0.15) is 19.8 Å². The lowest BCUT2D eigenvalue weighted by Gasteiger charge is -2.33. The van der Waals surface area contributed by atoms with Gasteiger partial charge in [-0.05, 0) is 38.8 Å². The molecule has 1 rings (SSSR count). The number of nitrogens with zero attached hydrogens (tertiary/aromatic N) is 2. The molecule has 0 N–H and O–H groups in total. The van der Waals surface area contributed by atoms with Crippen molar-refractivity contribution in [2.45, 2.75) is 201 Å². The van der Waals surface area contributed by atoms with Crippen LogP contribution in [0.5, 0.6) is 0 Å². The van der Waals surface area contributed by atoms with Crippen LogP contribution in [0.4, 0.5) is 0 Å². The molecule has 0 radical (unpaired) electrons. The van der Waals surface area contributed by atoms with E-state index in [-0.39, 0.29) is 43.6 Å². The summed E-state index contributed by atoms with van der Waals surface area (Å²) in [4.78, 5) is 42.6. The fraction of sp³-hybridized carbons (Fsp3) is 0.932. The van der Waals surface area contributed by atoms with E-state index < -0.39 is 0 Å². The summed E-state index contributed by atoms with van der Waals surface area (Å²) in [5, 5.41) is 0. The molecule has 8 heteroatoms. The summed E-state index contributed by atoms with van der Waals surface area (Å²) >= 11 is 0. The largest absolute Gasteiger partial charge is 0.465 e. The van der Waals surface area contributed by atoms with Crippen LogP contribution in [-0.2, 0) is 28.6 Å². The Balaban J connectivity index is 2.29. The van der Waals surface area contributed by atoms with Gasteiger partial charge < -0.3 is 24.0 Å². The highest BCUT2D eigenvalue weighted by molar-refractivity contribution is 5.70. The SMILES string of the molecule is CCCCCCCCCCCCCC(=O)OCC(COC(=O)CCCCCCCCCCCCC)COC(=O)CCCCCN1CCN(CC)CC1. The molecule has 1 aliphatic heterocycles. The van der Waals surface area contributed by atoms with Crippen molar-refractivity contribution in [2.24, 2.45) is 5.92 Å². The van der Waals surface area contributed by atoms with Crippen LogP contribution in [-0.4, -0.2) is 86.8 Å². The fourth-order valence-electron chi connectivity index (χ4n) is 6.97. The highest BCUT2D eigenvalue weighted by Gasteiger charge is 2.18. The maximum absolute atomic E-state index is 12.6. The molecule has 0 atom stereocenters. The standard InChI is InChI=1S/C44H84N2O6/c1-4-7-9-11-13-15-17-19-21-23-26-30-42(47)50-38-41(39-51-43(48)31-27-24-22-20-18-16-14-12-10-8-5-2)40-52-44(49)32-28-25-29-33-46-36-34-45(6-3)35-37-46/h41H,4-40H2,1-3H3. The molecule has 0 aliphatic carbocycles. The number of carbonyl (C=O) groups excluding carboxylic acids is 3. The van der Waals surface area contributed by atoms with E-state index in [1.165, 1.54) is 103 Å². The molecule has 1 heterocycles. The average molecular weight is 737 g/mol. The first kappa shape index (κ1) is 48.3. The Morgan fingerprint density at radius 3 is 1.02 bits per heavy atom. The van der Waals surface area contributed by atoms with E-state index >= 15 is 0 Å². The molecule has 8 nitrogen and oxygen atoms in total. The molecule has 0 amide bonds. The molecule has 1 fully saturated rings. The maximum Gasteiger partial charge on any atom is 0.305 e. The monoisotopic (exact) mass is 737 g/mol. The Labute approximate surface area is 321 Å². The van der Waals surface area contributed by atoms with Crippen molar-refractivity contribution >= 4 is 17.9 Å². The zero-order valence-electron chi connectivity index (χ0n) is 34.6. The van der Waals surface area contributed by atoms with E-state index in [2.05, 4.69) is 30.6 Å². The second kappa shape index (κ2) is 36.3. The van der Waals surface area contributed by atoms with Gasteiger partial charge in [0.15, 0.2) is 0 Å². The second-order valence-corrected chi connectivity index (χ2v) is 15.6. The van der Waals surface area contributed by atoms with Crippen LogP contribution in [0.3, 0.4) is 0 Å². The van der Waals surface area contributed by atoms with Crippen LogP contribution in [0.2, 0.25) is 0 Å². The lowest BCUT2D eigenvalue weighted by Crippen LogP contribution is -2.46. The predicted octanol–water partition coefficient (Wildman–Crippen LogP) is 10.8. The molecule has 0 saturated carbocycles. The number of hydrogen-bond donors (Lipinski definition) is 0. The van der Waals surface area contributed by atoms with Crippen molar-refractivity contribution in [3.8, 4) is 0 Å². The first-order chi connectivity index (χ1) is 25.5. The lowest BCUT2D eigenvalue weighted by atomic mass is 10.1. The molecule has 0 aromatic rings. The Morgan fingerprint density at radius 2 is 0.692 bits per heavy atom. The van der Waals surface area contributed by atoms with Crippen LogP contribution in [0, 0.1) is 5.92 Å². The van der Waals surface area contributed by atoms with Crippen molar-refractivity contribution in [2.75, 3.05) is 59.1 Å². The van der Waals surface area contributed by atoms with Gasteiger partial charge in [0, 0.05) is 45.4 Å². The van der Waals surface area contributed by atoms with Gasteiger partial charge in [-0.1, -0.05) is 156 Å². The number of unbranched alkanes of at least 4 members (excludes halogenated alkanes) is 22. The maximum atomic E-state index is 12.6. The number of carbonyl (C=O) groups is 3. The molecule has 0 bridgehead atoms. The molecule has 0 spiro atoms. The molecule has 1 aliphatic rings. The van der Waals surface area contributed by atoms with Gasteiger partial charge in [-0.3, -0.25) is 14.4 Å². The van der Waals surface area contributed by atoms with E-state index in [1.54, 1.807) is 0 Å². The molecule has 1 saturated heterocycles. The summed E-state index contributed by atoms with van der Waals surface area (Å²) in [5.41, 5.74) is 0. The Hall–Kier alpha value is -1.67. The van der Waals surface area contributed by atoms with Crippen molar-refractivity contribution in [1.29, 1.82) is 0 Å². The lowest BCUT2D eigenvalue weighted by molar-refractivity contribution is -0.153. The van der Waals surface area contributed by atoms with E-state index in [9.17, 15) is 14.4 Å². The quantitative estimate of drug-likeness (QED) is 0.0354. The van der Waals surface area contributed by atoms with Gasteiger partial charge in [-0.2, -0.15) is 0 Å². The van der Waals surface area contributed by atoms with Crippen LogP contribution in [0.25, 0.3) is 0 Å². The third-order valence-corrected chi connectivity index (χ3v) is 10.7.